The summed E-state index contributed by atoms with van der Waals surface area (Å²) >= 11 is 0. The third kappa shape index (κ3) is 95.9. The van der Waals surface area contributed by atoms with Crippen LogP contribution in [0.4, 0.5) is 0 Å². The molecule has 2 heteroatoms. The fourth-order valence-electron chi connectivity index (χ4n) is 0. The van der Waals surface area contributed by atoms with E-state index in [0.29, 0.717) is 0 Å². The molecule has 0 aromatic heterocycles. The van der Waals surface area contributed by atoms with Gasteiger partial charge in [-0.25, -0.2) is 0 Å². The van der Waals surface area contributed by atoms with Crippen molar-refractivity contribution in [3.05, 3.63) is 0 Å². The van der Waals surface area contributed by atoms with E-state index in [9.17, 15) is 0 Å². The van der Waals surface area contributed by atoms with Crippen LogP contribution in [0.25, 0.3) is 0 Å². The van der Waals surface area contributed by atoms with Crippen molar-refractivity contribution in [1.82, 2.24) is 0 Å². The van der Waals surface area contributed by atoms with Crippen molar-refractivity contribution >= 4 is 0 Å². The Morgan fingerprint density at radius 1 is 1.40 bits per heavy atom. The smallest absolute Gasteiger partial charge is 0.394 e. The number of rotatable bonds is 0. The summed E-state index contributed by atoms with van der Waals surface area (Å²) in [7, 11) is 0. The van der Waals surface area contributed by atoms with Gasteiger partial charge in [-0.2, -0.15) is 0 Å². The van der Waals surface area contributed by atoms with E-state index in [1.807, 2.05) is 0 Å². The molecule has 26 valence electrons. The van der Waals surface area contributed by atoms with Gasteiger partial charge in [-0.1, -0.05) is 0 Å². The molecule has 1 N–H and O–H groups in total. The average molecular weight is 67.0 g/mol. The molecule has 5 heavy (non-hydrogen) atoms. The second-order valence-electron chi connectivity index (χ2n) is 1.09. The van der Waals surface area contributed by atoms with Crippen molar-refractivity contribution in [3.8, 4) is 0 Å². The first-order valence-corrected chi connectivity index (χ1v) is 1.41. The van der Waals surface area contributed by atoms with Gasteiger partial charge in [-0.3, -0.25) is 0 Å². The molecule has 1 nitrogen and oxygen atoms in total. The van der Waals surface area contributed by atoms with E-state index in [-0.39, 0.29) is 25.0 Å². The van der Waals surface area contributed by atoms with Gasteiger partial charge in [0.15, 0.2) is 0 Å². The predicted octanol–water partition coefficient (Wildman–Crippen LogP) is -2.61. The van der Waals surface area contributed by atoms with Crippen LogP contribution in [0.2, 0.25) is 0 Å². The van der Waals surface area contributed by atoms with E-state index in [1.54, 1.807) is 13.8 Å². The van der Waals surface area contributed by atoms with Crippen LogP contribution in [-0.2, 0) is 0 Å². The van der Waals surface area contributed by atoms with E-state index >= 15 is 0 Å². The van der Waals surface area contributed by atoms with Crippen molar-refractivity contribution in [3.63, 3.8) is 0 Å². The summed E-state index contributed by atoms with van der Waals surface area (Å²) in [5.41, 5.74) is 0. The first-order chi connectivity index (χ1) is 1.73. The molecule has 0 aliphatic heterocycles. The zero-order valence-electron chi connectivity index (χ0n) is 4.02. The fraction of sp³-hybridized carbons (Fsp3) is 1.00. The number of hydrogen-bond donors (Lipinski definition) is 1. The van der Waals surface area contributed by atoms with Crippen LogP contribution in [-0.4, -0.2) is 11.2 Å². The third-order valence-corrected chi connectivity index (χ3v) is 0. The third-order valence-electron chi connectivity index (χ3n) is 0. The molecule has 0 spiro atoms. The maximum absolute atomic E-state index is 8.06. The normalized spacial score (nSPS) is 7.20. The van der Waals surface area contributed by atoms with Crippen LogP contribution < -0.4 is 18.9 Å². The average Bonchev–Trinajstić information content (AvgIpc) is 0.811. The van der Waals surface area contributed by atoms with Crippen molar-refractivity contribution < 1.29 is 24.0 Å². The minimum Gasteiger partial charge on any atom is -0.394 e. The summed E-state index contributed by atoms with van der Waals surface area (Å²) in [6.07, 6.45) is -0.167. The molecule has 0 saturated carbocycles. The van der Waals surface area contributed by atoms with Gasteiger partial charge in [0.1, 0.15) is 0 Å². The van der Waals surface area contributed by atoms with Gasteiger partial charge >= 0.3 is 18.9 Å². The molecule has 0 aromatic carbocycles. The largest absolute Gasteiger partial charge is 1.00 e. The Hall–Kier alpha value is 0.557. The van der Waals surface area contributed by atoms with E-state index in [2.05, 4.69) is 0 Å². The van der Waals surface area contributed by atoms with Gasteiger partial charge in [0.05, 0.1) is 0 Å². The zero-order chi connectivity index (χ0) is 3.58. The Morgan fingerprint density at radius 2 is 1.40 bits per heavy atom. The summed E-state index contributed by atoms with van der Waals surface area (Å²) < 4.78 is 0. The molecule has 0 atom stereocenters. The number of hydrogen-bond acceptors (Lipinski definition) is 1. The summed E-state index contributed by atoms with van der Waals surface area (Å²) in [5.74, 6) is 0. The van der Waals surface area contributed by atoms with Crippen molar-refractivity contribution in [2.45, 2.75) is 20.0 Å². The maximum Gasteiger partial charge on any atom is 1.00 e. The Balaban J connectivity index is 0. The minimum atomic E-state index is -0.167. The van der Waals surface area contributed by atoms with Gasteiger partial charge in [-0.05, 0) is 13.8 Å². The standard InChI is InChI=1S/C3H8O.Li/c1-3(2)4;/h3-4H,1-2H3;/q;+1. The molecule has 0 aliphatic rings. The summed E-state index contributed by atoms with van der Waals surface area (Å²) in [5, 5.41) is 8.06. The Kier molecular flexibility index (Phi) is 8.31. The van der Waals surface area contributed by atoms with Gasteiger partial charge in [0, 0.05) is 6.10 Å². The number of aliphatic hydroxyl groups excluding tert-OH is 1. The van der Waals surface area contributed by atoms with Crippen molar-refractivity contribution in [2.24, 2.45) is 0 Å². The van der Waals surface area contributed by atoms with E-state index in [0.717, 1.165) is 0 Å². The molecule has 0 aliphatic carbocycles. The molecule has 0 saturated heterocycles. The Labute approximate surface area is 44.6 Å². The van der Waals surface area contributed by atoms with Crippen LogP contribution in [0.3, 0.4) is 0 Å². The van der Waals surface area contributed by atoms with Gasteiger partial charge in [-0.15, -0.1) is 0 Å². The minimum absolute atomic E-state index is 0. The first kappa shape index (κ1) is 9.12. The predicted molar refractivity (Wildman–Crippen MR) is 17.4 cm³/mol. The van der Waals surface area contributed by atoms with Crippen LogP contribution in [0.1, 0.15) is 13.8 Å². The van der Waals surface area contributed by atoms with Gasteiger partial charge in [0.25, 0.3) is 0 Å². The van der Waals surface area contributed by atoms with Gasteiger partial charge in [0.2, 0.25) is 0 Å². The summed E-state index contributed by atoms with van der Waals surface area (Å²) in [6.45, 7) is 3.44. The Bertz CT molecular complexity index is 11.6. The molecule has 0 radical (unpaired) electrons. The van der Waals surface area contributed by atoms with E-state index in [1.165, 1.54) is 0 Å². The topological polar surface area (TPSA) is 20.2 Å². The van der Waals surface area contributed by atoms with E-state index in [4.69, 9.17) is 5.11 Å². The summed E-state index contributed by atoms with van der Waals surface area (Å²) in [4.78, 5) is 0. The molecule has 0 bridgehead atoms. The van der Waals surface area contributed by atoms with Crippen LogP contribution in [0.15, 0.2) is 0 Å². The monoisotopic (exact) mass is 67.1 g/mol. The molecule has 0 aromatic rings. The van der Waals surface area contributed by atoms with Gasteiger partial charge < -0.3 is 5.11 Å². The number of aliphatic hydroxyl groups is 1. The molecular formula is C3H8LiO+. The quantitative estimate of drug-likeness (QED) is 0.308. The molecule has 0 heterocycles. The Morgan fingerprint density at radius 3 is 1.40 bits per heavy atom. The first-order valence-electron chi connectivity index (χ1n) is 1.41. The molecular weight excluding hydrogens is 59.0 g/mol. The van der Waals surface area contributed by atoms with Crippen molar-refractivity contribution in [1.29, 1.82) is 0 Å². The zero-order valence-corrected chi connectivity index (χ0v) is 4.02. The maximum atomic E-state index is 8.06. The molecule has 0 amide bonds. The SMILES string of the molecule is CC(C)O.[Li+]. The molecule has 0 rings (SSSR count). The second-order valence-corrected chi connectivity index (χ2v) is 1.09. The van der Waals surface area contributed by atoms with Crippen LogP contribution >= 0.6 is 0 Å². The summed E-state index contributed by atoms with van der Waals surface area (Å²) in [6, 6.07) is 0. The second kappa shape index (κ2) is 4.56. The fourth-order valence-corrected chi connectivity index (χ4v) is 0. The van der Waals surface area contributed by atoms with Crippen LogP contribution in [0, 0.1) is 0 Å². The van der Waals surface area contributed by atoms with Crippen molar-refractivity contribution in [2.75, 3.05) is 0 Å². The van der Waals surface area contributed by atoms with E-state index < -0.39 is 0 Å². The van der Waals surface area contributed by atoms with Crippen LogP contribution in [0.5, 0.6) is 0 Å². The molecule has 0 unspecified atom stereocenters. The molecule has 0 fully saturated rings.